The van der Waals surface area contributed by atoms with Crippen molar-refractivity contribution in [3.63, 3.8) is 0 Å². The highest BCUT2D eigenvalue weighted by Crippen LogP contribution is 2.29. The maximum atomic E-state index is 5.95. The van der Waals surface area contributed by atoms with Gasteiger partial charge in [-0.25, -0.2) is 9.97 Å². The van der Waals surface area contributed by atoms with Crippen molar-refractivity contribution in [1.82, 2.24) is 9.97 Å². The molecule has 1 atom stereocenters. The van der Waals surface area contributed by atoms with Crippen molar-refractivity contribution in [1.29, 1.82) is 0 Å². The first-order valence-corrected chi connectivity index (χ1v) is 5.90. The number of anilines is 1. The molecule has 0 amide bonds. The van der Waals surface area contributed by atoms with Crippen molar-refractivity contribution >= 4 is 29.2 Å². The zero-order valence-corrected chi connectivity index (χ0v) is 9.90. The third kappa shape index (κ3) is 3.03. The number of thioether (sulfide) groups is 1. The van der Waals surface area contributed by atoms with Crippen LogP contribution >= 0.6 is 23.4 Å². The van der Waals surface area contributed by atoms with Crippen LogP contribution in [0.3, 0.4) is 0 Å². The first-order chi connectivity index (χ1) is 6.65. The van der Waals surface area contributed by atoms with Crippen molar-refractivity contribution in [2.24, 2.45) is 5.92 Å². The van der Waals surface area contributed by atoms with E-state index in [1.807, 2.05) is 0 Å². The fourth-order valence-electron chi connectivity index (χ4n) is 0.806. The second kappa shape index (κ2) is 5.41. The Morgan fingerprint density at radius 1 is 1.57 bits per heavy atom. The number of hydrogen-bond acceptors (Lipinski definition) is 4. The van der Waals surface area contributed by atoms with E-state index in [0.29, 0.717) is 16.8 Å². The SMILES string of the molecule is CCC(C)CSc1ncnc(N)c1Cl. The summed E-state index contributed by atoms with van der Waals surface area (Å²) in [5.41, 5.74) is 5.56. The molecule has 0 aliphatic heterocycles. The maximum Gasteiger partial charge on any atom is 0.146 e. The molecular weight excluding hydrogens is 218 g/mol. The summed E-state index contributed by atoms with van der Waals surface area (Å²) in [7, 11) is 0. The molecule has 0 saturated heterocycles. The molecule has 0 aliphatic rings. The van der Waals surface area contributed by atoms with Gasteiger partial charge in [-0.1, -0.05) is 31.9 Å². The van der Waals surface area contributed by atoms with Crippen LogP contribution in [0.15, 0.2) is 11.4 Å². The van der Waals surface area contributed by atoms with Gasteiger partial charge in [0, 0.05) is 5.75 Å². The van der Waals surface area contributed by atoms with Crippen molar-refractivity contribution in [3.05, 3.63) is 11.3 Å². The van der Waals surface area contributed by atoms with Gasteiger partial charge in [-0.2, -0.15) is 0 Å². The summed E-state index contributed by atoms with van der Waals surface area (Å²) < 4.78 is 0. The van der Waals surface area contributed by atoms with E-state index in [4.69, 9.17) is 17.3 Å². The lowest BCUT2D eigenvalue weighted by Crippen LogP contribution is -1.98. The van der Waals surface area contributed by atoms with Crippen molar-refractivity contribution in [3.8, 4) is 0 Å². The minimum Gasteiger partial charge on any atom is -0.382 e. The highest BCUT2D eigenvalue weighted by Gasteiger charge is 2.08. The molecule has 0 aliphatic carbocycles. The van der Waals surface area contributed by atoms with Gasteiger partial charge in [0.1, 0.15) is 22.2 Å². The van der Waals surface area contributed by atoms with Crippen LogP contribution in [0.5, 0.6) is 0 Å². The molecule has 0 fully saturated rings. The Kier molecular flexibility index (Phi) is 4.48. The first kappa shape index (κ1) is 11.6. The van der Waals surface area contributed by atoms with Gasteiger partial charge in [-0.15, -0.1) is 11.8 Å². The second-order valence-corrected chi connectivity index (χ2v) is 4.59. The van der Waals surface area contributed by atoms with Gasteiger partial charge in [0.2, 0.25) is 0 Å². The lowest BCUT2D eigenvalue weighted by Gasteiger charge is -2.08. The topological polar surface area (TPSA) is 51.8 Å². The number of nitrogens with zero attached hydrogens (tertiary/aromatic N) is 2. The molecule has 5 heteroatoms. The summed E-state index contributed by atoms with van der Waals surface area (Å²) >= 11 is 7.58. The number of hydrogen-bond donors (Lipinski definition) is 1. The Hall–Kier alpha value is -0.480. The van der Waals surface area contributed by atoms with E-state index in [2.05, 4.69) is 23.8 Å². The summed E-state index contributed by atoms with van der Waals surface area (Å²) in [6.07, 6.45) is 2.60. The third-order valence-corrected chi connectivity index (χ3v) is 3.79. The van der Waals surface area contributed by atoms with Gasteiger partial charge in [0.25, 0.3) is 0 Å². The van der Waals surface area contributed by atoms with E-state index in [-0.39, 0.29) is 0 Å². The third-order valence-electron chi connectivity index (χ3n) is 1.99. The molecule has 1 unspecified atom stereocenters. The normalized spacial score (nSPS) is 12.8. The van der Waals surface area contributed by atoms with Gasteiger partial charge in [-0.05, 0) is 5.92 Å². The molecule has 1 aromatic rings. The molecule has 1 heterocycles. The van der Waals surface area contributed by atoms with Gasteiger partial charge in [-0.3, -0.25) is 0 Å². The predicted octanol–water partition coefficient (Wildman–Crippen LogP) is 2.85. The van der Waals surface area contributed by atoms with Gasteiger partial charge < -0.3 is 5.73 Å². The van der Waals surface area contributed by atoms with Crippen LogP contribution < -0.4 is 5.73 Å². The standard InChI is InChI=1S/C9H14ClN3S/c1-3-6(2)4-14-9-7(10)8(11)12-5-13-9/h5-6H,3-4H2,1-2H3,(H2,11,12,13). The van der Waals surface area contributed by atoms with Crippen molar-refractivity contribution in [2.45, 2.75) is 25.3 Å². The predicted molar refractivity (Wildman–Crippen MR) is 61.6 cm³/mol. The Bertz CT molecular complexity index is 306. The number of nitrogen functional groups attached to an aromatic ring is 1. The van der Waals surface area contributed by atoms with E-state index in [1.54, 1.807) is 11.8 Å². The maximum absolute atomic E-state index is 5.95. The summed E-state index contributed by atoms with van der Waals surface area (Å²) in [6, 6.07) is 0. The molecule has 1 aromatic heterocycles. The smallest absolute Gasteiger partial charge is 0.146 e. The molecule has 78 valence electrons. The average Bonchev–Trinajstić information content (AvgIpc) is 2.20. The fraction of sp³-hybridized carbons (Fsp3) is 0.556. The molecule has 0 bridgehead atoms. The average molecular weight is 232 g/mol. The van der Waals surface area contributed by atoms with Crippen LogP contribution in [0.4, 0.5) is 5.82 Å². The quantitative estimate of drug-likeness (QED) is 0.640. The fourth-order valence-corrected chi connectivity index (χ4v) is 2.10. The van der Waals surface area contributed by atoms with Crippen molar-refractivity contribution in [2.75, 3.05) is 11.5 Å². The lowest BCUT2D eigenvalue weighted by molar-refractivity contribution is 0.636. The Balaban J connectivity index is 2.63. The van der Waals surface area contributed by atoms with E-state index in [9.17, 15) is 0 Å². The molecule has 0 radical (unpaired) electrons. The lowest BCUT2D eigenvalue weighted by atomic mass is 10.2. The van der Waals surface area contributed by atoms with Crippen LogP contribution in [0.25, 0.3) is 0 Å². The number of aromatic nitrogens is 2. The number of halogens is 1. The van der Waals surface area contributed by atoms with Crippen LogP contribution in [0.2, 0.25) is 5.02 Å². The molecule has 0 spiro atoms. The van der Waals surface area contributed by atoms with Crippen LogP contribution in [0.1, 0.15) is 20.3 Å². The summed E-state index contributed by atoms with van der Waals surface area (Å²) in [5, 5.41) is 1.25. The molecule has 14 heavy (non-hydrogen) atoms. The first-order valence-electron chi connectivity index (χ1n) is 4.54. The monoisotopic (exact) mass is 231 g/mol. The number of nitrogens with two attached hydrogens (primary N) is 1. The highest BCUT2D eigenvalue weighted by atomic mass is 35.5. The van der Waals surface area contributed by atoms with Crippen LogP contribution in [0, 0.1) is 5.92 Å². The molecule has 3 nitrogen and oxygen atoms in total. The van der Waals surface area contributed by atoms with E-state index in [1.165, 1.54) is 6.33 Å². The van der Waals surface area contributed by atoms with Gasteiger partial charge >= 0.3 is 0 Å². The summed E-state index contributed by atoms with van der Waals surface area (Å²) in [4.78, 5) is 7.89. The zero-order chi connectivity index (χ0) is 10.6. The van der Waals surface area contributed by atoms with Crippen LogP contribution in [-0.2, 0) is 0 Å². The second-order valence-electron chi connectivity index (χ2n) is 3.20. The Labute approximate surface area is 93.5 Å². The summed E-state index contributed by atoms with van der Waals surface area (Å²) in [5.74, 6) is 2.02. The number of rotatable bonds is 4. The molecule has 0 saturated carbocycles. The van der Waals surface area contributed by atoms with E-state index in [0.717, 1.165) is 17.2 Å². The minimum atomic E-state index is 0.355. The van der Waals surface area contributed by atoms with Crippen molar-refractivity contribution < 1.29 is 0 Å². The molecule has 0 aromatic carbocycles. The molecular formula is C9H14ClN3S. The molecule has 2 N–H and O–H groups in total. The zero-order valence-electron chi connectivity index (χ0n) is 8.33. The summed E-state index contributed by atoms with van der Waals surface area (Å²) in [6.45, 7) is 4.37. The van der Waals surface area contributed by atoms with E-state index < -0.39 is 0 Å². The molecule has 1 rings (SSSR count). The van der Waals surface area contributed by atoms with Crippen LogP contribution in [-0.4, -0.2) is 15.7 Å². The Morgan fingerprint density at radius 3 is 2.93 bits per heavy atom. The largest absolute Gasteiger partial charge is 0.382 e. The van der Waals surface area contributed by atoms with Gasteiger partial charge in [0.15, 0.2) is 0 Å². The highest BCUT2D eigenvalue weighted by molar-refractivity contribution is 7.99. The van der Waals surface area contributed by atoms with E-state index >= 15 is 0 Å². The minimum absolute atomic E-state index is 0.355. The van der Waals surface area contributed by atoms with Gasteiger partial charge in [0.05, 0.1) is 0 Å². The Morgan fingerprint density at radius 2 is 2.29 bits per heavy atom.